The Kier molecular flexibility index (Phi) is 5.89. The van der Waals surface area contributed by atoms with Crippen molar-refractivity contribution in [2.24, 2.45) is 0 Å². The average molecular weight is 262 g/mol. The molecule has 1 aliphatic carbocycles. The van der Waals surface area contributed by atoms with Crippen molar-refractivity contribution in [2.45, 2.75) is 57.9 Å². The van der Waals surface area contributed by atoms with E-state index < -0.39 is 10.2 Å². The number of nitrogens with zero attached hydrogens (tertiary/aromatic N) is 2. The Balaban J connectivity index is 2.61. The average Bonchev–Trinajstić information content (AvgIpc) is 2.35. The first kappa shape index (κ1) is 14.9. The van der Waals surface area contributed by atoms with Gasteiger partial charge in [0.15, 0.2) is 0 Å². The predicted octanol–water partition coefficient (Wildman–Crippen LogP) is 2.23. The highest BCUT2D eigenvalue weighted by Gasteiger charge is 2.30. The summed E-state index contributed by atoms with van der Waals surface area (Å²) in [5.41, 5.74) is 0. The topological polar surface area (TPSA) is 40.6 Å². The van der Waals surface area contributed by atoms with Crippen molar-refractivity contribution < 1.29 is 8.42 Å². The summed E-state index contributed by atoms with van der Waals surface area (Å²) in [4.78, 5) is 0. The van der Waals surface area contributed by atoms with E-state index in [4.69, 9.17) is 0 Å². The number of hydrogen-bond acceptors (Lipinski definition) is 2. The molecule has 1 saturated carbocycles. The van der Waals surface area contributed by atoms with Crippen molar-refractivity contribution in [3.63, 3.8) is 0 Å². The van der Waals surface area contributed by atoms with Crippen LogP contribution in [0.4, 0.5) is 0 Å². The van der Waals surface area contributed by atoms with E-state index in [9.17, 15) is 8.42 Å². The Morgan fingerprint density at radius 3 is 2.24 bits per heavy atom. The third kappa shape index (κ3) is 3.93. The first-order valence-corrected chi connectivity index (χ1v) is 8.09. The zero-order valence-electron chi connectivity index (χ0n) is 11.4. The minimum atomic E-state index is -3.24. The van der Waals surface area contributed by atoms with Crippen LogP contribution in [0.15, 0.2) is 0 Å². The highest BCUT2D eigenvalue weighted by Crippen LogP contribution is 2.24. The third-order valence-electron chi connectivity index (χ3n) is 3.67. The molecule has 0 aromatic heterocycles. The van der Waals surface area contributed by atoms with Crippen molar-refractivity contribution in [3.8, 4) is 0 Å². The standard InChI is InChI=1S/C12H26N2O2S/c1-4-5-11-13(2)17(15,16)14(3)12-9-7-6-8-10-12/h12H,4-11H2,1-3H3. The van der Waals surface area contributed by atoms with Gasteiger partial charge in [0, 0.05) is 26.7 Å². The van der Waals surface area contributed by atoms with Crippen LogP contribution < -0.4 is 0 Å². The minimum Gasteiger partial charge on any atom is -0.195 e. The van der Waals surface area contributed by atoms with Crippen LogP contribution in [-0.2, 0) is 10.2 Å². The fourth-order valence-electron chi connectivity index (χ4n) is 2.35. The first-order chi connectivity index (χ1) is 8.00. The highest BCUT2D eigenvalue weighted by molar-refractivity contribution is 7.86. The molecule has 0 atom stereocenters. The number of hydrogen-bond donors (Lipinski definition) is 0. The van der Waals surface area contributed by atoms with E-state index in [1.54, 1.807) is 18.4 Å². The summed E-state index contributed by atoms with van der Waals surface area (Å²) in [5.74, 6) is 0. The van der Waals surface area contributed by atoms with Gasteiger partial charge in [-0.15, -0.1) is 0 Å². The van der Waals surface area contributed by atoms with Crippen molar-refractivity contribution in [3.05, 3.63) is 0 Å². The summed E-state index contributed by atoms with van der Waals surface area (Å²) >= 11 is 0. The fraction of sp³-hybridized carbons (Fsp3) is 1.00. The molecule has 0 aliphatic heterocycles. The quantitative estimate of drug-likeness (QED) is 0.736. The van der Waals surface area contributed by atoms with Gasteiger partial charge >= 0.3 is 0 Å². The van der Waals surface area contributed by atoms with E-state index >= 15 is 0 Å². The lowest BCUT2D eigenvalue weighted by molar-refractivity contribution is 0.268. The predicted molar refractivity (Wildman–Crippen MR) is 71.1 cm³/mol. The van der Waals surface area contributed by atoms with Crippen LogP contribution in [0, 0.1) is 0 Å². The molecule has 0 amide bonds. The van der Waals surface area contributed by atoms with Crippen molar-refractivity contribution in [1.29, 1.82) is 0 Å². The molecule has 102 valence electrons. The third-order valence-corrected chi connectivity index (χ3v) is 5.67. The fourth-order valence-corrected chi connectivity index (χ4v) is 3.74. The number of rotatable bonds is 6. The molecule has 0 saturated heterocycles. The zero-order chi connectivity index (χ0) is 12.9. The normalized spacial score (nSPS) is 19.1. The Morgan fingerprint density at radius 2 is 1.71 bits per heavy atom. The Bertz CT molecular complexity index is 310. The molecular weight excluding hydrogens is 236 g/mol. The second-order valence-electron chi connectivity index (χ2n) is 4.99. The van der Waals surface area contributed by atoms with E-state index in [2.05, 4.69) is 6.92 Å². The van der Waals surface area contributed by atoms with Crippen LogP contribution in [0.3, 0.4) is 0 Å². The molecule has 1 aliphatic rings. The Morgan fingerprint density at radius 1 is 1.12 bits per heavy atom. The lowest BCUT2D eigenvalue weighted by Crippen LogP contribution is -2.45. The summed E-state index contributed by atoms with van der Waals surface area (Å²) in [5, 5.41) is 0. The minimum absolute atomic E-state index is 0.206. The lowest BCUT2D eigenvalue weighted by atomic mass is 9.96. The van der Waals surface area contributed by atoms with Gasteiger partial charge in [-0.05, 0) is 19.3 Å². The van der Waals surface area contributed by atoms with Crippen molar-refractivity contribution >= 4 is 10.2 Å². The lowest BCUT2D eigenvalue weighted by Gasteiger charge is -2.33. The zero-order valence-corrected chi connectivity index (χ0v) is 12.2. The van der Waals surface area contributed by atoms with Gasteiger partial charge in [-0.25, -0.2) is 0 Å². The molecule has 0 heterocycles. The van der Waals surface area contributed by atoms with E-state index in [0.717, 1.165) is 38.5 Å². The molecule has 0 unspecified atom stereocenters. The summed E-state index contributed by atoms with van der Waals surface area (Å²) in [6.45, 7) is 2.70. The molecule has 4 nitrogen and oxygen atoms in total. The van der Waals surface area contributed by atoms with Crippen LogP contribution in [0.25, 0.3) is 0 Å². The molecule has 0 aromatic rings. The van der Waals surface area contributed by atoms with Gasteiger partial charge in [0.05, 0.1) is 0 Å². The largest absolute Gasteiger partial charge is 0.281 e. The van der Waals surface area contributed by atoms with Crippen LogP contribution in [0.5, 0.6) is 0 Å². The summed E-state index contributed by atoms with van der Waals surface area (Å²) in [7, 11) is 0.171. The molecule has 1 rings (SSSR count). The van der Waals surface area contributed by atoms with Gasteiger partial charge in [-0.3, -0.25) is 0 Å². The highest BCUT2D eigenvalue weighted by atomic mass is 32.2. The number of unbranched alkanes of at least 4 members (excludes halogenated alkanes) is 1. The van der Waals surface area contributed by atoms with Crippen LogP contribution in [0.1, 0.15) is 51.9 Å². The van der Waals surface area contributed by atoms with E-state index in [1.807, 2.05) is 0 Å². The molecule has 5 heteroatoms. The molecule has 0 spiro atoms. The maximum atomic E-state index is 12.3. The maximum absolute atomic E-state index is 12.3. The maximum Gasteiger partial charge on any atom is 0.281 e. The molecule has 1 fully saturated rings. The van der Waals surface area contributed by atoms with Crippen LogP contribution in [0.2, 0.25) is 0 Å². The first-order valence-electron chi connectivity index (χ1n) is 6.69. The SMILES string of the molecule is CCCCN(C)S(=O)(=O)N(C)C1CCCCC1. The van der Waals surface area contributed by atoms with E-state index in [-0.39, 0.29) is 6.04 Å². The molecule has 0 bridgehead atoms. The van der Waals surface area contributed by atoms with Gasteiger partial charge in [0.2, 0.25) is 0 Å². The molecule has 0 N–H and O–H groups in total. The van der Waals surface area contributed by atoms with Gasteiger partial charge in [0.1, 0.15) is 0 Å². The van der Waals surface area contributed by atoms with Crippen LogP contribution in [-0.4, -0.2) is 43.7 Å². The molecule has 0 radical (unpaired) electrons. The van der Waals surface area contributed by atoms with Crippen LogP contribution >= 0.6 is 0 Å². The Labute approximate surface area is 106 Å². The van der Waals surface area contributed by atoms with Gasteiger partial charge in [0.25, 0.3) is 10.2 Å². The van der Waals surface area contributed by atoms with Crippen molar-refractivity contribution in [2.75, 3.05) is 20.6 Å². The summed E-state index contributed by atoms with van der Waals surface area (Å²) in [6.07, 6.45) is 7.53. The second kappa shape index (κ2) is 6.71. The monoisotopic (exact) mass is 262 g/mol. The van der Waals surface area contributed by atoms with Gasteiger partial charge in [-0.1, -0.05) is 32.6 Å². The van der Waals surface area contributed by atoms with E-state index in [1.165, 1.54) is 10.7 Å². The second-order valence-corrected chi connectivity index (χ2v) is 7.09. The van der Waals surface area contributed by atoms with Crippen molar-refractivity contribution in [1.82, 2.24) is 8.61 Å². The smallest absolute Gasteiger partial charge is 0.195 e. The van der Waals surface area contributed by atoms with E-state index in [0.29, 0.717) is 6.54 Å². The molecular formula is C12H26N2O2S. The molecule has 0 aromatic carbocycles. The molecule has 17 heavy (non-hydrogen) atoms. The Hall–Kier alpha value is -0.130. The summed E-state index contributed by atoms with van der Waals surface area (Å²) in [6, 6.07) is 0.206. The summed E-state index contributed by atoms with van der Waals surface area (Å²) < 4.78 is 27.7. The van der Waals surface area contributed by atoms with Gasteiger partial charge in [-0.2, -0.15) is 17.0 Å². The van der Waals surface area contributed by atoms with Gasteiger partial charge < -0.3 is 0 Å².